The molecule has 0 radical (unpaired) electrons. The van der Waals surface area contributed by atoms with Crippen LogP contribution < -0.4 is 5.32 Å². The predicted molar refractivity (Wildman–Crippen MR) is 73.4 cm³/mol. The van der Waals surface area contributed by atoms with Crippen molar-refractivity contribution in [1.82, 2.24) is 5.32 Å². The van der Waals surface area contributed by atoms with Crippen LogP contribution in [0.15, 0.2) is 0 Å². The van der Waals surface area contributed by atoms with E-state index >= 15 is 0 Å². The van der Waals surface area contributed by atoms with E-state index in [0.717, 1.165) is 32.2 Å². The average Bonchev–Trinajstić information content (AvgIpc) is 2.69. The number of hydrogen-bond acceptors (Lipinski definition) is 4. The second-order valence-electron chi connectivity index (χ2n) is 5.05. The molecule has 100 valence electrons. The van der Waals surface area contributed by atoms with Crippen molar-refractivity contribution in [1.29, 1.82) is 0 Å². The van der Waals surface area contributed by atoms with Crippen molar-refractivity contribution in [2.75, 3.05) is 13.7 Å². The molecule has 4 heteroatoms. The molecule has 17 heavy (non-hydrogen) atoms. The molecule has 1 aliphatic rings. The number of rotatable bonds is 6. The molecule has 0 heterocycles. The minimum Gasteiger partial charge on any atom is -0.468 e. The van der Waals surface area contributed by atoms with Crippen LogP contribution in [0.25, 0.3) is 0 Å². The molecule has 1 N–H and O–H groups in total. The summed E-state index contributed by atoms with van der Waals surface area (Å²) in [6.07, 6.45) is 3.96. The lowest BCUT2D eigenvalue weighted by Crippen LogP contribution is -2.51. The maximum absolute atomic E-state index is 12.0. The molecular weight excluding hydrogens is 234 g/mol. The van der Waals surface area contributed by atoms with E-state index in [4.69, 9.17) is 4.74 Å². The van der Waals surface area contributed by atoms with E-state index in [1.165, 1.54) is 7.11 Å². The molecule has 0 bridgehead atoms. The smallest absolute Gasteiger partial charge is 0.326 e. The molecule has 0 aromatic heterocycles. The number of hydrogen-bond donors (Lipinski definition) is 1. The van der Waals surface area contributed by atoms with Gasteiger partial charge < -0.3 is 10.1 Å². The highest BCUT2D eigenvalue weighted by molar-refractivity contribution is 8.00. The number of nitrogens with one attached hydrogen (secondary N) is 1. The Bertz CT molecular complexity index is 258. The van der Waals surface area contributed by atoms with Gasteiger partial charge in [0.1, 0.15) is 5.54 Å². The first-order chi connectivity index (χ1) is 8.04. The number of methoxy groups -OCH3 is 1. The fourth-order valence-electron chi connectivity index (χ4n) is 2.48. The van der Waals surface area contributed by atoms with E-state index in [1.807, 2.05) is 11.8 Å². The normalized spacial score (nSPS) is 28.6. The largest absolute Gasteiger partial charge is 0.468 e. The van der Waals surface area contributed by atoms with Gasteiger partial charge in [-0.05, 0) is 37.5 Å². The van der Waals surface area contributed by atoms with Crippen molar-refractivity contribution in [3.63, 3.8) is 0 Å². The highest BCUT2D eigenvalue weighted by Crippen LogP contribution is 2.39. The molecule has 1 saturated carbocycles. The van der Waals surface area contributed by atoms with Gasteiger partial charge in [-0.2, -0.15) is 11.8 Å². The molecule has 1 rings (SSSR count). The third kappa shape index (κ3) is 3.88. The van der Waals surface area contributed by atoms with E-state index in [0.29, 0.717) is 10.5 Å². The number of esters is 1. The predicted octanol–water partition coefficient (Wildman–Crippen LogP) is 2.59. The van der Waals surface area contributed by atoms with Gasteiger partial charge in [-0.1, -0.05) is 20.8 Å². The highest BCUT2D eigenvalue weighted by atomic mass is 32.2. The van der Waals surface area contributed by atoms with Gasteiger partial charge in [0.05, 0.1) is 7.11 Å². The van der Waals surface area contributed by atoms with Crippen LogP contribution in [0.3, 0.4) is 0 Å². The Hall–Kier alpha value is -0.220. The third-order valence-corrected chi connectivity index (χ3v) is 4.55. The lowest BCUT2D eigenvalue weighted by molar-refractivity contribution is -0.148. The molecule has 1 aliphatic carbocycles. The number of ether oxygens (including phenoxy) is 1. The standard InChI is InChI=1S/C13H25NO2S/c1-5-8-14-13(12(15)16-4)7-6-11(9-13)17-10(2)3/h10-11,14H,5-9H2,1-4H3. The minimum atomic E-state index is -0.419. The van der Waals surface area contributed by atoms with Crippen molar-refractivity contribution >= 4 is 17.7 Å². The second-order valence-corrected chi connectivity index (χ2v) is 6.93. The fraction of sp³-hybridized carbons (Fsp3) is 0.923. The average molecular weight is 259 g/mol. The summed E-state index contributed by atoms with van der Waals surface area (Å²) in [5.74, 6) is -0.0854. The van der Waals surface area contributed by atoms with Gasteiger partial charge in [0.2, 0.25) is 0 Å². The number of carbonyl (C=O) groups excluding carboxylic acids is 1. The van der Waals surface area contributed by atoms with Crippen LogP contribution in [0.5, 0.6) is 0 Å². The van der Waals surface area contributed by atoms with Crippen molar-refractivity contribution in [2.24, 2.45) is 0 Å². The maximum atomic E-state index is 12.0. The second kappa shape index (κ2) is 6.64. The summed E-state index contributed by atoms with van der Waals surface area (Å²) in [7, 11) is 1.49. The molecule has 2 unspecified atom stereocenters. The Labute approximate surface area is 109 Å². The van der Waals surface area contributed by atoms with Gasteiger partial charge >= 0.3 is 5.97 Å². The summed E-state index contributed by atoms with van der Waals surface area (Å²) in [4.78, 5) is 12.0. The SMILES string of the molecule is CCCNC1(C(=O)OC)CCC(SC(C)C)C1. The minimum absolute atomic E-state index is 0.0854. The van der Waals surface area contributed by atoms with Crippen LogP contribution in [0.1, 0.15) is 46.5 Å². The molecule has 2 atom stereocenters. The van der Waals surface area contributed by atoms with Crippen molar-refractivity contribution < 1.29 is 9.53 Å². The fourth-order valence-corrected chi connectivity index (χ4v) is 3.88. The monoisotopic (exact) mass is 259 g/mol. The molecule has 1 fully saturated rings. The van der Waals surface area contributed by atoms with Crippen molar-refractivity contribution in [3.8, 4) is 0 Å². The summed E-state index contributed by atoms with van der Waals surface area (Å²) >= 11 is 1.98. The van der Waals surface area contributed by atoms with Crippen LogP contribution in [0.4, 0.5) is 0 Å². The van der Waals surface area contributed by atoms with E-state index in [-0.39, 0.29) is 5.97 Å². The quantitative estimate of drug-likeness (QED) is 0.744. The van der Waals surface area contributed by atoms with E-state index in [2.05, 4.69) is 26.1 Å². The summed E-state index contributed by atoms with van der Waals surface area (Å²) in [5, 5.41) is 4.62. The van der Waals surface area contributed by atoms with E-state index in [1.54, 1.807) is 0 Å². The topological polar surface area (TPSA) is 38.3 Å². The molecule has 0 aromatic carbocycles. The summed E-state index contributed by atoms with van der Waals surface area (Å²) < 4.78 is 4.98. The molecule has 0 aromatic rings. The number of thioether (sulfide) groups is 1. The molecule has 0 amide bonds. The Morgan fingerprint density at radius 2 is 2.29 bits per heavy atom. The lowest BCUT2D eigenvalue weighted by atomic mass is 9.97. The first-order valence-corrected chi connectivity index (χ1v) is 7.47. The Morgan fingerprint density at radius 1 is 1.59 bits per heavy atom. The van der Waals surface area contributed by atoms with Gasteiger partial charge in [0.15, 0.2) is 0 Å². The zero-order valence-electron chi connectivity index (χ0n) is 11.4. The third-order valence-electron chi connectivity index (χ3n) is 3.22. The lowest BCUT2D eigenvalue weighted by Gasteiger charge is -2.27. The molecule has 0 saturated heterocycles. The first kappa shape index (κ1) is 14.8. The van der Waals surface area contributed by atoms with Crippen LogP contribution in [0, 0.1) is 0 Å². The van der Waals surface area contributed by atoms with Crippen LogP contribution in [-0.2, 0) is 9.53 Å². The Kier molecular flexibility index (Phi) is 5.80. The molecule has 3 nitrogen and oxygen atoms in total. The van der Waals surface area contributed by atoms with Crippen molar-refractivity contribution in [2.45, 2.75) is 62.5 Å². The summed E-state index contributed by atoms with van der Waals surface area (Å²) in [5.41, 5.74) is -0.419. The summed E-state index contributed by atoms with van der Waals surface area (Å²) in [6, 6.07) is 0. The van der Waals surface area contributed by atoms with Gasteiger partial charge in [0.25, 0.3) is 0 Å². The van der Waals surface area contributed by atoms with Gasteiger partial charge in [-0.15, -0.1) is 0 Å². The molecule has 0 aliphatic heterocycles. The Balaban J connectivity index is 2.64. The first-order valence-electron chi connectivity index (χ1n) is 6.53. The molecular formula is C13H25NO2S. The van der Waals surface area contributed by atoms with Crippen LogP contribution in [0.2, 0.25) is 0 Å². The Morgan fingerprint density at radius 3 is 2.82 bits per heavy atom. The van der Waals surface area contributed by atoms with Gasteiger partial charge in [-0.25, -0.2) is 0 Å². The van der Waals surface area contributed by atoms with E-state index in [9.17, 15) is 4.79 Å². The zero-order valence-corrected chi connectivity index (χ0v) is 12.2. The summed E-state index contributed by atoms with van der Waals surface area (Å²) in [6.45, 7) is 7.42. The molecule has 0 spiro atoms. The zero-order chi connectivity index (χ0) is 12.9. The highest BCUT2D eigenvalue weighted by Gasteiger charge is 2.46. The maximum Gasteiger partial charge on any atom is 0.326 e. The van der Waals surface area contributed by atoms with Crippen LogP contribution in [-0.4, -0.2) is 35.7 Å². The van der Waals surface area contributed by atoms with Crippen LogP contribution >= 0.6 is 11.8 Å². The van der Waals surface area contributed by atoms with Crippen molar-refractivity contribution in [3.05, 3.63) is 0 Å². The van der Waals surface area contributed by atoms with Gasteiger partial charge in [-0.3, -0.25) is 4.79 Å². The number of carbonyl (C=O) groups is 1. The van der Waals surface area contributed by atoms with E-state index < -0.39 is 5.54 Å². The van der Waals surface area contributed by atoms with Gasteiger partial charge in [0, 0.05) is 5.25 Å².